The van der Waals surface area contributed by atoms with E-state index < -0.39 is 34.2 Å². The first kappa shape index (κ1) is 24.4. The molecule has 0 aliphatic carbocycles. The highest BCUT2D eigenvalue weighted by atomic mass is 32.2. The van der Waals surface area contributed by atoms with Crippen LogP contribution in [0.25, 0.3) is 0 Å². The number of halogens is 1. The molecule has 2 aromatic rings. The maximum atomic E-state index is 13.2. The highest BCUT2D eigenvalue weighted by molar-refractivity contribution is 7.92. The lowest BCUT2D eigenvalue weighted by Gasteiger charge is -2.37. The lowest BCUT2D eigenvalue weighted by atomic mass is 9.84. The van der Waals surface area contributed by atoms with E-state index in [1.165, 1.54) is 12.1 Å². The van der Waals surface area contributed by atoms with E-state index in [9.17, 15) is 22.7 Å². The molecule has 34 heavy (non-hydrogen) atoms. The minimum atomic E-state index is -3.92. The second-order valence-corrected chi connectivity index (χ2v) is 9.95. The summed E-state index contributed by atoms with van der Waals surface area (Å²) < 4.78 is 58.0. The Morgan fingerprint density at radius 2 is 2.00 bits per heavy atom. The summed E-state index contributed by atoms with van der Waals surface area (Å²) in [5.41, 5.74) is 1.10. The van der Waals surface area contributed by atoms with Crippen LogP contribution < -0.4 is 14.8 Å². The molecule has 0 saturated carbocycles. The van der Waals surface area contributed by atoms with Crippen molar-refractivity contribution in [2.24, 2.45) is 0 Å². The average molecular weight is 495 g/mol. The molecule has 2 aromatic carbocycles. The van der Waals surface area contributed by atoms with Gasteiger partial charge in [-0.1, -0.05) is 0 Å². The maximum absolute atomic E-state index is 13.2. The lowest BCUT2D eigenvalue weighted by molar-refractivity contribution is -0.142. The summed E-state index contributed by atoms with van der Waals surface area (Å²) in [5, 5.41) is 12.6. The van der Waals surface area contributed by atoms with Gasteiger partial charge in [-0.25, -0.2) is 12.8 Å². The van der Waals surface area contributed by atoms with Crippen LogP contribution >= 0.6 is 0 Å². The van der Waals surface area contributed by atoms with E-state index in [0.717, 1.165) is 17.7 Å². The van der Waals surface area contributed by atoms with Gasteiger partial charge in [-0.05, 0) is 48.9 Å². The number of carbonyl (C=O) groups excluding carboxylic acids is 1. The number of aliphatic hydroxyl groups excluding tert-OH is 1. The number of methoxy groups -OCH3 is 1. The highest BCUT2D eigenvalue weighted by Crippen LogP contribution is 2.47. The van der Waals surface area contributed by atoms with Gasteiger partial charge in [0.15, 0.2) is 0 Å². The summed E-state index contributed by atoms with van der Waals surface area (Å²) in [6.07, 6.45) is -0.913. The first-order valence-electron chi connectivity index (χ1n) is 10.9. The Morgan fingerprint density at radius 1 is 1.24 bits per heavy atom. The van der Waals surface area contributed by atoms with E-state index in [-0.39, 0.29) is 29.7 Å². The second-order valence-electron chi connectivity index (χ2n) is 8.26. The fraction of sp³-hybridized carbons (Fsp3) is 0.435. The number of anilines is 1. The number of hydrogen-bond donors (Lipinski definition) is 3. The minimum Gasteiger partial charge on any atom is -0.487 e. The Kier molecular flexibility index (Phi) is 7.36. The van der Waals surface area contributed by atoms with Gasteiger partial charge in [-0.2, -0.15) is 0 Å². The molecule has 0 bridgehead atoms. The summed E-state index contributed by atoms with van der Waals surface area (Å²) in [7, 11) is -2.37. The number of nitrogens with one attached hydrogen (secondary N) is 2. The van der Waals surface area contributed by atoms with Crippen LogP contribution in [0.1, 0.15) is 24.3 Å². The Hall–Kier alpha value is -2.73. The number of sulfonamides is 1. The normalized spacial score (nSPS) is 23.5. The van der Waals surface area contributed by atoms with Crippen molar-refractivity contribution in [3.05, 3.63) is 53.8 Å². The molecule has 2 heterocycles. The zero-order valence-corrected chi connectivity index (χ0v) is 19.4. The Morgan fingerprint density at radius 3 is 2.71 bits per heavy atom. The Bertz CT molecular complexity index is 1130. The predicted molar refractivity (Wildman–Crippen MR) is 121 cm³/mol. The van der Waals surface area contributed by atoms with Crippen LogP contribution in [0.3, 0.4) is 0 Å². The van der Waals surface area contributed by atoms with Crippen molar-refractivity contribution in [3.8, 4) is 5.75 Å². The van der Waals surface area contributed by atoms with Crippen molar-refractivity contribution in [2.75, 3.05) is 31.6 Å². The number of benzene rings is 2. The Balaban J connectivity index is 1.51. The summed E-state index contributed by atoms with van der Waals surface area (Å²) >= 11 is 0. The molecule has 4 rings (SSSR count). The Labute approximate surface area is 197 Å². The molecule has 0 spiro atoms. The van der Waals surface area contributed by atoms with E-state index >= 15 is 0 Å². The van der Waals surface area contributed by atoms with E-state index in [0.29, 0.717) is 31.0 Å². The maximum Gasteiger partial charge on any atom is 0.261 e. The molecular formula is C23H27FN2O7S. The first-order valence-corrected chi connectivity index (χ1v) is 12.4. The van der Waals surface area contributed by atoms with Crippen molar-refractivity contribution in [2.45, 2.75) is 42.0 Å². The van der Waals surface area contributed by atoms with Gasteiger partial charge in [0.1, 0.15) is 23.8 Å². The highest BCUT2D eigenvalue weighted by Gasteiger charge is 2.46. The van der Waals surface area contributed by atoms with Gasteiger partial charge in [-0.15, -0.1) is 0 Å². The summed E-state index contributed by atoms with van der Waals surface area (Å²) in [6.45, 7) is 0.515. The fourth-order valence-corrected chi connectivity index (χ4v) is 5.40. The lowest BCUT2D eigenvalue weighted by Crippen LogP contribution is -2.47. The van der Waals surface area contributed by atoms with Crippen molar-refractivity contribution >= 4 is 21.6 Å². The van der Waals surface area contributed by atoms with Gasteiger partial charge in [-0.3, -0.25) is 9.52 Å². The van der Waals surface area contributed by atoms with Gasteiger partial charge < -0.3 is 24.6 Å². The minimum absolute atomic E-state index is 0.0607. The molecule has 2 aliphatic heterocycles. The van der Waals surface area contributed by atoms with Gasteiger partial charge in [0.2, 0.25) is 5.91 Å². The smallest absolute Gasteiger partial charge is 0.261 e. The van der Waals surface area contributed by atoms with Crippen molar-refractivity contribution in [1.29, 1.82) is 0 Å². The van der Waals surface area contributed by atoms with Crippen LogP contribution in [0.5, 0.6) is 5.75 Å². The number of amides is 1. The van der Waals surface area contributed by atoms with Crippen LogP contribution in [-0.2, 0) is 24.3 Å². The van der Waals surface area contributed by atoms with Gasteiger partial charge >= 0.3 is 0 Å². The standard InChI is InChI=1S/C23H27FN2O7S/c1-31-9-8-25-22(28)12-16-11-19-18-10-15(4-7-20(18)33-23(19)21(13-27)32-16)26-34(29,30)17-5-2-14(24)3-6-17/h2-7,10,16,19,21,23,26-27H,8-9,11-13H2,1H3,(H,25,28)/t16-,19-,21-,23+/m1/s1. The van der Waals surface area contributed by atoms with E-state index in [2.05, 4.69) is 10.0 Å². The SMILES string of the molecule is COCCNC(=O)C[C@H]1C[C@@H]2c3cc(NS(=O)(=O)c4ccc(F)cc4)ccc3O[C@@H]2[C@@H](CO)O1. The third-order valence-electron chi connectivity index (χ3n) is 5.92. The molecule has 3 N–H and O–H groups in total. The first-order chi connectivity index (χ1) is 16.3. The van der Waals surface area contributed by atoms with Crippen LogP contribution in [-0.4, -0.2) is 64.6 Å². The number of ether oxygens (including phenoxy) is 3. The third-order valence-corrected chi connectivity index (χ3v) is 7.31. The van der Waals surface area contributed by atoms with E-state index in [4.69, 9.17) is 14.2 Å². The monoisotopic (exact) mass is 494 g/mol. The quantitative estimate of drug-likeness (QED) is 0.454. The van der Waals surface area contributed by atoms with Crippen molar-refractivity contribution < 1.29 is 36.9 Å². The predicted octanol–water partition coefficient (Wildman–Crippen LogP) is 1.77. The second kappa shape index (κ2) is 10.3. The number of carbonyl (C=O) groups is 1. The summed E-state index contributed by atoms with van der Waals surface area (Å²) in [5.74, 6) is -0.323. The van der Waals surface area contributed by atoms with Gasteiger partial charge in [0, 0.05) is 30.8 Å². The van der Waals surface area contributed by atoms with Crippen molar-refractivity contribution in [1.82, 2.24) is 5.32 Å². The number of fused-ring (bicyclic) bond motifs is 3. The van der Waals surface area contributed by atoms with Crippen LogP contribution in [0.15, 0.2) is 47.4 Å². The van der Waals surface area contributed by atoms with Crippen molar-refractivity contribution in [3.63, 3.8) is 0 Å². The van der Waals surface area contributed by atoms with Crippen LogP contribution in [0, 0.1) is 5.82 Å². The summed E-state index contributed by atoms with van der Waals surface area (Å²) in [4.78, 5) is 12.2. The van der Waals surface area contributed by atoms with E-state index in [1.54, 1.807) is 25.3 Å². The fourth-order valence-electron chi connectivity index (χ4n) is 4.35. The third kappa shape index (κ3) is 5.33. The number of hydrogen-bond acceptors (Lipinski definition) is 7. The molecule has 1 saturated heterocycles. The molecule has 9 nitrogen and oxygen atoms in total. The molecule has 0 unspecified atom stereocenters. The summed E-state index contributed by atoms with van der Waals surface area (Å²) in [6, 6.07) is 9.48. The zero-order valence-electron chi connectivity index (χ0n) is 18.6. The average Bonchev–Trinajstić information content (AvgIpc) is 3.17. The van der Waals surface area contributed by atoms with Gasteiger partial charge in [0.05, 0.1) is 30.6 Å². The van der Waals surface area contributed by atoms with E-state index in [1.807, 2.05) is 0 Å². The molecule has 0 aromatic heterocycles. The van der Waals surface area contributed by atoms with Gasteiger partial charge in [0.25, 0.3) is 10.0 Å². The number of rotatable bonds is 9. The molecule has 4 atom stereocenters. The molecule has 1 amide bonds. The molecule has 2 aliphatic rings. The molecule has 11 heteroatoms. The largest absolute Gasteiger partial charge is 0.487 e. The van der Waals surface area contributed by atoms with Crippen LogP contribution in [0.4, 0.5) is 10.1 Å². The molecular weight excluding hydrogens is 467 g/mol. The zero-order chi connectivity index (χ0) is 24.3. The topological polar surface area (TPSA) is 123 Å². The molecule has 1 fully saturated rings. The molecule has 0 radical (unpaired) electrons. The number of aliphatic hydroxyl groups is 1. The molecule has 184 valence electrons. The van der Waals surface area contributed by atoms with Crippen LogP contribution in [0.2, 0.25) is 0 Å².